The van der Waals surface area contributed by atoms with Crippen LogP contribution in [0.2, 0.25) is 0 Å². The minimum atomic E-state index is -0.250. The second-order valence-electron chi connectivity index (χ2n) is 7.81. The summed E-state index contributed by atoms with van der Waals surface area (Å²) in [7, 11) is 4.07. The zero-order valence-electron chi connectivity index (χ0n) is 19.2. The van der Waals surface area contributed by atoms with Gasteiger partial charge in [0.1, 0.15) is 11.0 Å². The molecule has 0 saturated heterocycles. The van der Waals surface area contributed by atoms with E-state index in [4.69, 9.17) is 4.42 Å². The van der Waals surface area contributed by atoms with Crippen molar-refractivity contribution < 1.29 is 14.3 Å². The number of aromatic hydroxyl groups is 1. The number of hydrogen-bond acceptors (Lipinski definition) is 7. The topological polar surface area (TPSA) is 104 Å². The van der Waals surface area contributed by atoms with Gasteiger partial charge in [-0.05, 0) is 69.6 Å². The zero-order chi connectivity index (χ0) is 23.6. The molecule has 0 spiro atoms. The number of amides is 2. The largest absolute Gasteiger partial charge is 0.508 e. The van der Waals surface area contributed by atoms with Crippen molar-refractivity contribution in [3.8, 4) is 17.2 Å². The Morgan fingerprint density at radius 1 is 1.12 bits per heavy atom. The normalized spacial score (nSPS) is 12.0. The third kappa shape index (κ3) is 7.23. The van der Waals surface area contributed by atoms with Crippen LogP contribution in [0.25, 0.3) is 11.5 Å². The van der Waals surface area contributed by atoms with E-state index in [2.05, 4.69) is 25.7 Å². The summed E-state index contributed by atoms with van der Waals surface area (Å²) in [4.78, 5) is 14.2. The SMILES string of the molecule is CCSC(c1nnc(-c2ccc(NC(=O)NCCCCN(C)C)cc2)o1)c1ccccc1O. The Hall–Kier alpha value is -3.04. The van der Waals surface area contributed by atoms with Gasteiger partial charge < -0.3 is 25.1 Å². The number of carbonyl (C=O) groups is 1. The smallest absolute Gasteiger partial charge is 0.319 e. The predicted octanol–water partition coefficient (Wildman–Crippen LogP) is 4.75. The highest BCUT2D eigenvalue weighted by Gasteiger charge is 2.23. The fraction of sp³-hybridized carbons (Fsp3) is 0.375. The van der Waals surface area contributed by atoms with Crippen molar-refractivity contribution in [3.05, 3.63) is 60.0 Å². The Labute approximate surface area is 198 Å². The minimum Gasteiger partial charge on any atom is -0.508 e. The number of hydrogen-bond donors (Lipinski definition) is 3. The molecule has 8 nitrogen and oxygen atoms in total. The summed E-state index contributed by atoms with van der Waals surface area (Å²) in [6.45, 7) is 3.68. The first-order valence-electron chi connectivity index (χ1n) is 11.0. The first-order valence-corrected chi connectivity index (χ1v) is 12.1. The van der Waals surface area contributed by atoms with Gasteiger partial charge in [0.2, 0.25) is 11.8 Å². The van der Waals surface area contributed by atoms with Gasteiger partial charge in [0.05, 0.1) is 0 Å². The van der Waals surface area contributed by atoms with E-state index in [1.807, 2.05) is 45.3 Å². The number of anilines is 1. The van der Waals surface area contributed by atoms with E-state index in [0.29, 0.717) is 24.0 Å². The Kier molecular flexibility index (Phi) is 9.14. The van der Waals surface area contributed by atoms with Crippen molar-refractivity contribution in [2.45, 2.75) is 25.0 Å². The number of benzene rings is 2. The maximum atomic E-state index is 12.1. The molecule has 3 rings (SSSR count). The molecule has 1 atom stereocenters. The number of phenolic OH excluding ortho intramolecular Hbond substituents is 1. The molecule has 9 heteroatoms. The van der Waals surface area contributed by atoms with E-state index in [0.717, 1.165) is 36.3 Å². The third-order valence-corrected chi connectivity index (χ3v) is 6.05. The van der Waals surface area contributed by atoms with Gasteiger partial charge in [-0.3, -0.25) is 0 Å². The first kappa shape index (κ1) is 24.6. The number of phenols is 1. The van der Waals surface area contributed by atoms with Crippen LogP contribution < -0.4 is 10.6 Å². The van der Waals surface area contributed by atoms with Crippen LogP contribution in [0.1, 0.15) is 36.5 Å². The van der Waals surface area contributed by atoms with Gasteiger partial charge in [0, 0.05) is 23.4 Å². The summed E-state index contributed by atoms with van der Waals surface area (Å²) in [5.41, 5.74) is 2.17. The molecule has 2 amide bonds. The maximum Gasteiger partial charge on any atom is 0.319 e. The van der Waals surface area contributed by atoms with Crippen LogP contribution in [-0.4, -0.2) is 59.2 Å². The molecule has 2 aromatic carbocycles. The Morgan fingerprint density at radius 2 is 1.88 bits per heavy atom. The molecule has 0 radical (unpaired) electrons. The number of thioether (sulfide) groups is 1. The van der Waals surface area contributed by atoms with Crippen molar-refractivity contribution in [2.24, 2.45) is 0 Å². The average Bonchev–Trinajstić information content (AvgIpc) is 3.28. The molecule has 3 N–H and O–H groups in total. The average molecular weight is 470 g/mol. The second-order valence-corrected chi connectivity index (χ2v) is 9.19. The summed E-state index contributed by atoms with van der Waals surface area (Å²) < 4.78 is 5.95. The van der Waals surface area contributed by atoms with Gasteiger partial charge in [0.15, 0.2) is 0 Å². The fourth-order valence-corrected chi connectivity index (χ4v) is 4.20. The van der Waals surface area contributed by atoms with Crippen molar-refractivity contribution in [2.75, 3.05) is 38.3 Å². The molecule has 1 heterocycles. The molecule has 1 aromatic heterocycles. The van der Waals surface area contributed by atoms with Crippen LogP contribution >= 0.6 is 11.8 Å². The quantitative estimate of drug-likeness (QED) is 0.348. The maximum absolute atomic E-state index is 12.1. The molecule has 0 fully saturated rings. The molecule has 3 aromatic rings. The summed E-state index contributed by atoms with van der Waals surface area (Å²) in [6.07, 6.45) is 1.97. The number of nitrogens with one attached hydrogen (secondary N) is 2. The monoisotopic (exact) mass is 469 g/mol. The lowest BCUT2D eigenvalue weighted by atomic mass is 10.1. The molecule has 0 aliphatic heterocycles. The standard InChI is InChI=1S/C24H31N5O3S/c1-4-33-21(19-9-5-6-10-20(19)30)23-28-27-22(32-23)17-11-13-18(14-12-17)26-24(31)25-15-7-8-16-29(2)3/h5-6,9-14,21,30H,4,7-8,15-16H2,1-3H3,(H2,25,26,31). The van der Waals surface area contributed by atoms with Crippen LogP contribution in [0.4, 0.5) is 10.5 Å². The van der Waals surface area contributed by atoms with E-state index in [9.17, 15) is 9.90 Å². The van der Waals surface area contributed by atoms with E-state index in [1.54, 1.807) is 36.0 Å². The third-order valence-electron chi connectivity index (χ3n) is 4.92. The van der Waals surface area contributed by atoms with Crippen LogP contribution in [0.3, 0.4) is 0 Å². The summed E-state index contributed by atoms with van der Waals surface area (Å²) >= 11 is 1.61. The minimum absolute atomic E-state index is 0.203. The molecular formula is C24H31N5O3S. The van der Waals surface area contributed by atoms with E-state index in [1.165, 1.54) is 0 Å². The Balaban J connectivity index is 1.60. The lowest BCUT2D eigenvalue weighted by molar-refractivity contribution is 0.251. The summed E-state index contributed by atoms with van der Waals surface area (Å²) in [5, 5.41) is 24.1. The summed E-state index contributed by atoms with van der Waals surface area (Å²) in [5.74, 6) is 1.86. The Bertz CT molecular complexity index is 1020. The molecule has 176 valence electrons. The number of para-hydroxylation sites is 1. The van der Waals surface area contributed by atoms with E-state index >= 15 is 0 Å². The number of rotatable bonds is 11. The van der Waals surface area contributed by atoms with Gasteiger partial charge in [0.25, 0.3) is 0 Å². The highest BCUT2D eigenvalue weighted by atomic mass is 32.2. The molecule has 0 bridgehead atoms. The van der Waals surface area contributed by atoms with Crippen molar-refractivity contribution >= 4 is 23.5 Å². The second kappa shape index (κ2) is 12.3. The fourth-order valence-electron chi connectivity index (χ4n) is 3.25. The van der Waals surface area contributed by atoms with Crippen LogP contribution in [0.5, 0.6) is 5.75 Å². The van der Waals surface area contributed by atoms with Crippen molar-refractivity contribution in [1.29, 1.82) is 0 Å². The van der Waals surface area contributed by atoms with Crippen LogP contribution in [0, 0.1) is 0 Å². The molecule has 1 unspecified atom stereocenters. The number of carbonyl (C=O) groups excluding carboxylic acids is 1. The summed E-state index contributed by atoms with van der Waals surface area (Å²) in [6, 6.07) is 14.2. The van der Waals surface area contributed by atoms with Gasteiger partial charge in [-0.25, -0.2) is 4.79 Å². The number of unbranched alkanes of at least 4 members (excludes halogenated alkanes) is 1. The van der Waals surface area contributed by atoms with Crippen molar-refractivity contribution in [1.82, 2.24) is 20.4 Å². The molecule has 33 heavy (non-hydrogen) atoms. The van der Waals surface area contributed by atoms with E-state index in [-0.39, 0.29) is 17.0 Å². The molecular weight excluding hydrogens is 438 g/mol. The van der Waals surface area contributed by atoms with Gasteiger partial charge in [-0.1, -0.05) is 25.1 Å². The number of aromatic nitrogens is 2. The van der Waals surface area contributed by atoms with Gasteiger partial charge in [-0.15, -0.1) is 22.0 Å². The molecule has 0 saturated carbocycles. The number of urea groups is 1. The van der Waals surface area contributed by atoms with E-state index < -0.39 is 0 Å². The highest BCUT2D eigenvalue weighted by Crippen LogP contribution is 2.39. The molecule has 0 aliphatic rings. The zero-order valence-corrected chi connectivity index (χ0v) is 20.1. The highest BCUT2D eigenvalue weighted by molar-refractivity contribution is 7.99. The first-order chi connectivity index (χ1) is 16.0. The lowest BCUT2D eigenvalue weighted by Gasteiger charge is -2.13. The van der Waals surface area contributed by atoms with Crippen LogP contribution in [0.15, 0.2) is 52.9 Å². The van der Waals surface area contributed by atoms with Gasteiger partial charge >= 0.3 is 6.03 Å². The molecule has 0 aliphatic carbocycles. The van der Waals surface area contributed by atoms with Crippen LogP contribution in [-0.2, 0) is 0 Å². The lowest BCUT2D eigenvalue weighted by Crippen LogP contribution is -2.29. The Morgan fingerprint density at radius 3 is 2.58 bits per heavy atom. The van der Waals surface area contributed by atoms with Crippen molar-refractivity contribution in [3.63, 3.8) is 0 Å². The van der Waals surface area contributed by atoms with Gasteiger partial charge in [-0.2, -0.15) is 0 Å². The number of nitrogens with zero attached hydrogens (tertiary/aromatic N) is 3. The predicted molar refractivity (Wildman–Crippen MR) is 133 cm³/mol.